The molecule has 5 heteroatoms. The number of aryl methyl sites for hydroxylation is 2. The summed E-state index contributed by atoms with van der Waals surface area (Å²) in [5.41, 5.74) is 4.35. The highest BCUT2D eigenvalue weighted by atomic mass is 32.1. The lowest BCUT2D eigenvalue weighted by Crippen LogP contribution is -2.20. The van der Waals surface area contributed by atoms with Gasteiger partial charge in [0.05, 0.1) is 5.69 Å². The fraction of sp³-hybridized carbons (Fsp3) is 0.158. The van der Waals surface area contributed by atoms with Gasteiger partial charge in [-0.1, -0.05) is 42.0 Å². The second-order valence-electron chi connectivity index (χ2n) is 5.51. The van der Waals surface area contributed by atoms with E-state index in [1.165, 1.54) is 22.5 Å². The molecule has 0 saturated carbocycles. The standard InChI is InChI=1S/C19H18N2O2S/c1-13-8-9-16(14(2)10-13)17-12-24-19(20-17)21-18(22)11-23-15-6-4-3-5-7-15/h3-10,12H,11H2,1-2H3,(H,20,21,22). The van der Waals surface area contributed by atoms with Crippen molar-refractivity contribution in [2.45, 2.75) is 13.8 Å². The number of rotatable bonds is 5. The topological polar surface area (TPSA) is 51.2 Å². The monoisotopic (exact) mass is 338 g/mol. The van der Waals surface area contributed by atoms with Crippen LogP contribution in [0.1, 0.15) is 11.1 Å². The van der Waals surface area contributed by atoms with Crippen molar-refractivity contribution < 1.29 is 9.53 Å². The first-order chi connectivity index (χ1) is 11.6. The number of amides is 1. The fourth-order valence-electron chi connectivity index (χ4n) is 2.38. The normalized spacial score (nSPS) is 10.4. The maximum absolute atomic E-state index is 12.0. The van der Waals surface area contributed by atoms with Gasteiger partial charge in [0.15, 0.2) is 11.7 Å². The lowest BCUT2D eigenvalue weighted by atomic mass is 10.0. The zero-order valence-electron chi connectivity index (χ0n) is 13.6. The molecule has 24 heavy (non-hydrogen) atoms. The molecule has 0 spiro atoms. The largest absolute Gasteiger partial charge is 0.484 e. The minimum Gasteiger partial charge on any atom is -0.484 e. The molecule has 2 aromatic carbocycles. The summed E-state index contributed by atoms with van der Waals surface area (Å²) in [5.74, 6) is 0.447. The Labute approximate surface area is 145 Å². The predicted molar refractivity (Wildman–Crippen MR) is 97.6 cm³/mol. The SMILES string of the molecule is Cc1ccc(-c2csc(NC(=O)COc3ccccc3)n2)c(C)c1. The van der Waals surface area contributed by atoms with Gasteiger partial charge in [0, 0.05) is 10.9 Å². The van der Waals surface area contributed by atoms with Gasteiger partial charge in [0.1, 0.15) is 5.75 Å². The molecule has 1 amide bonds. The van der Waals surface area contributed by atoms with Crippen molar-refractivity contribution in [1.82, 2.24) is 4.98 Å². The molecule has 0 fully saturated rings. The highest BCUT2D eigenvalue weighted by Gasteiger charge is 2.10. The first-order valence-electron chi connectivity index (χ1n) is 7.62. The molecule has 0 radical (unpaired) electrons. The molecule has 4 nitrogen and oxygen atoms in total. The average molecular weight is 338 g/mol. The summed E-state index contributed by atoms with van der Waals surface area (Å²) >= 11 is 1.41. The second kappa shape index (κ2) is 7.27. The van der Waals surface area contributed by atoms with Crippen molar-refractivity contribution in [2.24, 2.45) is 0 Å². The number of hydrogen-bond acceptors (Lipinski definition) is 4. The van der Waals surface area contributed by atoms with E-state index in [1.54, 1.807) is 0 Å². The van der Waals surface area contributed by atoms with E-state index < -0.39 is 0 Å². The van der Waals surface area contributed by atoms with Gasteiger partial charge in [0.2, 0.25) is 0 Å². The van der Waals surface area contributed by atoms with Crippen LogP contribution in [0.25, 0.3) is 11.3 Å². The molecule has 0 aliphatic carbocycles. The van der Waals surface area contributed by atoms with Gasteiger partial charge in [-0.05, 0) is 31.5 Å². The van der Waals surface area contributed by atoms with E-state index in [0.717, 1.165) is 11.3 Å². The average Bonchev–Trinajstić information content (AvgIpc) is 3.02. The molecule has 122 valence electrons. The van der Waals surface area contributed by atoms with Crippen molar-refractivity contribution in [1.29, 1.82) is 0 Å². The number of nitrogens with one attached hydrogen (secondary N) is 1. The van der Waals surface area contributed by atoms with Crippen LogP contribution in [0.15, 0.2) is 53.9 Å². The van der Waals surface area contributed by atoms with E-state index >= 15 is 0 Å². The number of anilines is 1. The van der Waals surface area contributed by atoms with Crippen LogP contribution in [0.4, 0.5) is 5.13 Å². The number of nitrogens with zero attached hydrogens (tertiary/aromatic N) is 1. The summed E-state index contributed by atoms with van der Waals surface area (Å²) in [6, 6.07) is 15.5. The van der Waals surface area contributed by atoms with E-state index in [2.05, 4.69) is 42.3 Å². The van der Waals surface area contributed by atoms with E-state index in [4.69, 9.17) is 4.74 Å². The van der Waals surface area contributed by atoms with Crippen molar-refractivity contribution in [2.75, 3.05) is 11.9 Å². The van der Waals surface area contributed by atoms with E-state index in [9.17, 15) is 4.79 Å². The highest BCUT2D eigenvalue weighted by molar-refractivity contribution is 7.14. The molecule has 1 aromatic heterocycles. The smallest absolute Gasteiger partial charge is 0.264 e. The molecule has 0 aliphatic rings. The third kappa shape index (κ3) is 4.00. The Morgan fingerprint density at radius 1 is 1.17 bits per heavy atom. The van der Waals surface area contributed by atoms with E-state index in [-0.39, 0.29) is 12.5 Å². The van der Waals surface area contributed by atoms with Crippen molar-refractivity contribution in [3.8, 4) is 17.0 Å². The molecule has 0 aliphatic heterocycles. The minimum absolute atomic E-state index is 0.0392. The van der Waals surface area contributed by atoms with Crippen molar-refractivity contribution >= 4 is 22.4 Å². The van der Waals surface area contributed by atoms with Crippen molar-refractivity contribution in [3.63, 3.8) is 0 Å². The predicted octanol–water partition coefficient (Wildman–Crippen LogP) is 4.44. The van der Waals surface area contributed by atoms with E-state index in [0.29, 0.717) is 10.9 Å². The Morgan fingerprint density at radius 3 is 2.71 bits per heavy atom. The van der Waals surface area contributed by atoms with Crippen molar-refractivity contribution in [3.05, 3.63) is 65.0 Å². The number of ether oxygens (including phenoxy) is 1. The highest BCUT2D eigenvalue weighted by Crippen LogP contribution is 2.27. The van der Waals surface area contributed by atoms with Crippen LogP contribution < -0.4 is 10.1 Å². The van der Waals surface area contributed by atoms with Gasteiger partial charge in [0.25, 0.3) is 5.91 Å². The lowest BCUT2D eigenvalue weighted by Gasteiger charge is -2.05. The van der Waals surface area contributed by atoms with Crippen LogP contribution >= 0.6 is 11.3 Å². The van der Waals surface area contributed by atoms with Gasteiger partial charge in [-0.15, -0.1) is 11.3 Å². The van der Waals surface area contributed by atoms with Gasteiger partial charge in [-0.3, -0.25) is 10.1 Å². The summed E-state index contributed by atoms with van der Waals surface area (Å²) < 4.78 is 5.43. The fourth-order valence-corrected chi connectivity index (χ4v) is 3.10. The zero-order valence-corrected chi connectivity index (χ0v) is 14.4. The Bertz CT molecular complexity index is 844. The zero-order chi connectivity index (χ0) is 16.9. The number of hydrogen-bond donors (Lipinski definition) is 1. The quantitative estimate of drug-likeness (QED) is 0.748. The summed E-state index contributed by atoms with van der Waals surface area (Å²) in [4.78, 5) is 16.5. The number of benzene rings is 2. The molecule has 1 N–H and O–H groups in total. The number of para-hydroxylation sites is 1. The molecule has 0 bridgehead atoms. The minimum atomic E-state index is -0.222. The number of thiazole rings is 1. The van der Waals surface area contributed by atoms with Crippen LogP contribution in [0.3, 0.4) is 0 Å². The van der Waals surface area contributed by atoms with Crippen LogP contribution in [-0.2, 0) is 4.79 Å². The summed E-state index contributed by atoms with van der Waals surface area (Å²) in [7, 11) is 0. The Kier molecular flexibility index (Phi) is 4.91. The summed E-state index contributed by atoms with van der Waals surface area (Å²) in [6.45, 7) is 4.09. The molecular formula is C19H18N2O2S. The first kappa shape index (κ1) is 16.2. The summed E-state index contributed by atoms with van der Waals surface area (Å²) in [5, 5.41) is 5.30. The Balaban J connectivity index is 1.62. The van der Waals surface area contributed by atoms with Gasteiger partial charge < -0.3 is 4.74 Å². The Morgan fingerprint density at radius 2 is 1.96 bits per heavy atom. The lowest BCUT2D eigenvalue weighted by molar-refractivity contribution is -0.118. The van der Waals surface area contributed by atoms with Gasteiger partial charge >= 0.3 is 0 Å². The summed E-state index contributed by atoms with van der Waals surface area (Å²) in [6.07, 6.45) is 0. The number of aromatic nitrogens is 1. The number of carbonyl (C=O) groups excluding carboxylic acids is 1. The number of carbonyl (C=O) groups is 1. The molecule has 3 aromatic rings. The molecule has 0 atom stereocenters. The van der Waals surface area contributed by atoms with E-state index in [1.807, 2.05) is 35.7 Å². The van der Waals surface area contributed by atoms with Gasteiger partial charge in [-0.25, -0.2) is 4.98 Å². The molecular weight excluding hydrogens is 320 g/mol. The van der Waals surface area contributed by atoms with Crippen LogP contribution in [0.5, 0.6) is 5.75 Å². The van der Waals surface area contributed by atoms with Crippen LogP contribution in [-0.4, -0.2) is 17.5 Å². The molecule has 1 heterocycles. The Hall–Kier alpha value is -2.66. The first-order valence-corrected chi connectivity index (χ1v) is 8.50. The van der Waals surface area contributed by atoms with Gasteiger partial charge in [-0.2, -0.15) is 0 Å². The molecule has 3 rings (SSSR count). The second-order valence-corrected chi connectivity index (χ2v) is 6.36. The molecule has 0 unspecified atom stereocenters. The third-order valence-corrected chi connectivity index (χ3v) is 4.28. The van der Waals surface area contributed by atoms with Crippen LogP contribution in [0, 0.1) is 13.8 Å². The van der Waals surface area contributed by atoms with Crippen LogP contribution in [0.2, 0.25) is 0 Å². The molecule has 0 saturated heterocycles. The third-order valence-electron chi connectivity index (χ3n) is 3.52. The maximum Gasteiger partial charge on any atom is 0.264 e. The maximum atomic E-state index is 12.0.